The van der Waals surface area contributed by atoms with Gasteiger partial charge in [-0.3, -0.25) is 4.79 Å². The molecule has 1 amide bonds. The van der Waals surface area contributed by atoms with Gasteiger partial charge in [-0.2, -0.15) is 4.31 Å². The van der Waals surface area contributed by atoms with Crippen LogP contribution in [0.25, 0.3) is 0 Å². The normalized spacial score (nSPS) is 21.4. The summed E-state index contributed by atoms with van der Waals surface area (Å²) >= 11 is 0. The number of anilines is 1. The molecule has 2 heterocycles. The molecule has 170 valence electrons. The number of hydrogen-bond donors (Lipinski definition) is 0. The molecule has 2 aromatic carbocycles. The fourth-order valence-electron chi connectivity index (χ4n) is 4.14. The molecule has 2 atom stereocenters. The minimum atomic E-state index is -3.70. The number of para-hydroxylation sites is 2. The molecule has 0 N–H and O–H groups in total. The number of carbonyl (C=O) groups is 2. The first-order valence-corrected chi connectivity index (χ1v) is 12.0. The number of ether oxygens (including phenoxy) is 2. The van der Waals surface area contributed by atoms with Gasteiger partial charge in [-0.05, 0) is 44.0 Å². The van der Waals surface area contributed by atoms with Crippen molar-refractivity contribution >= 4 is 27.6 Å². The van der Waals surface area contributed by atoms with Crippen molar-refractivity contribution in [2.24, 2.45) is 5.92 Å². The smallest absolute Gasteiger partial charge is 0.348 e. The minimum Gasteiger partial charge on any atom is -0.475 e. The van der Waals surface area contributed by atoms with Gasteiger partial charge in [0.05, 0.1) is 30.2 Å². The number of amides is 1. The molecule has 32 heavy (non-hydrogen) atoms. The number of hydrogen-bond acceptors (Lipinski definition) is 6. The van der Waals surface area contributed by atoms with Gasteiger partial charge in [0, 0.05) is 13.1 Å². The number of sulfonamides is 1. The van der Waals surface area contributed by atoms with Crippen molar-refractivity contribution in [2.75, 3.05) is 31.6 Å². The SMILES string of the molecule is COC(=O)[C@@H]1CN(C(=O)[C@@H]2CCCN(S(=O)(=O)c3ccc(C)cc3)C2)c2ccccc2O1. The largest absolute Gasteiger partial charge is 0.475 e. The fourth-order valence-corrected chi connectivity index (χ4v) is 5.66. The summed E-state index contributed by atoms with van der Waals surface area (Å²) in [4.78, 5) is 27.4. The molecular weight excluding hydrogens is 432 g/mol. The summed E-state index contributed by atoms with van der Waals surface area (Å²) in [7, 11) is -2.43. The van der Waals surface area contributed by atoms with Crippen molar-refractivity contribution in [2.45, 2.75) is 30.8 Å². The van der Waals surface area contributed by atoms with E-state index in [0.29, 0.717) is 30.8 Å². The third kappa shape index (κ3) is 4.22. The van der Waals surface area contributed by atoms with E-state index in [1.165, 1.54) is 16.3 Å². The second-order valence-electron chi connectivity index (χ2n) is 8.06. The van der Waals surface area contributed by atoms with E-state index >= 15 is 0 Å². The molecule has 0 radical (unpaired) electrons. The highest BCUT2D eigenvalue weighted by Gasteiger charge is 2.40. The van der Waals surface area contributed by atoms with E-state index in [1.807, 2.05) is 6.92 Å². The average Bonchev–Trinajstić information content (AvgIpc) is 2.82. The molecule has 0 unspecified atom stereocenters. The Morgan fingerprint density at radius 2 is 1.78 bits per heavy atom. The van der Waals surface area contributed by atoms with E-state index in [9.17, 15) is 18.0 Å². The van der Waals surface area contributed by atoms with Crippen LogP contribution in [0.3, 0.4) is 0 Å². The Balaban J connectivity index is 1.57. The maximum absolute atomic E-state index is 13.5. The van der Waals surface area contributed by atoms with Crippen LogP contribution in [0.15, 0.2) is 53.4 Å². The lowest BCUT2D eigenvalue weighted by atomic mass is 9.97. The molecule has 0 bridgehead atoms. The van der Waals surface area contributed by atoms with Gasteiger partial charge < -0.3 is 14.4 Å². The highest BCUT2D eigenvalue weighted by molar-refractivity contribution is 7.89. The lowest BCUT2D eigenvalue weighted by Crippen LogP contribution is -2.52. The Bertz CT molecular complexity index is 1120. The molecule has 9 heteroatoms. The number of methoxy groups -OCH3 is 1. The predicted molar refractivity (Wildman–Crippen MR) is 118 cm³/mol. The second-order valence-corrected chi connectivity index (χ2v) is 10.00. The molecule has 0 aromatic heterocycles. The summed E-state index contributed by atoms with van der Waals surface area (Å²) in [5, 5.41) is 0. The molecule has 2 aromatic rings. The van der Waals surface area contributed by atoms with Gasteiger partial charge >= 0.3 is 5.97 Å². The first-order chi connectivity index (χ1) is 15.3. The van der Waals surface area contributed by atoms with E-state index < -0.39 is 28.0 Å². The van der Waals surface area contributed by atoms with Crippen LogP contribution in [-0.2, 0) is 24.3 Å². The highest BCUT2D eigenvalue weighted by atomic mass is 32.2. The molecule has 1 fully saturated rings. The Kier molecular flexibility index (Phi) is 6.21. The van der Waals surface area contributed by atoms with Crippen LogP contribution in [0.2, 0.25) is 0 Å². The summed E-state index contributed by atoms with van der Waals surface area (Å²) in [6.07, 6.45) is 0.213. The van der Waals surface area contributed by atoms with Crippen molar-refractivity contribution in [1.82, 2.24) is 4.31 Å². The van der Waals surface area contributed by atoms with Crippen molar-refractivity contribution in [1.29, 1.82) is 0 Å². The predicted octanol–water partition coefficient (Wildman–Crippen LogP) is 2.36. The Morgan fingerprint density at radius 3 is 2.50 bits per heavy atom. The summed E-state index contributed by atoms with van der Waals surface area (Å²) in [6, 6.07) is 13.7. The van der Waals surface area contributed by atoms with Crippen molar-refractivity contribution < 1.29 is 27.5 Å². The number of benzene rings is 2. The topological polar surface area (TPSA) is 93.2 Å². The second kappa shape index (κ2) is 8.91. The molecule has 8 nitrogen and oxygen atoms in total. The van der Waals surface area contributed by atoms with Crippen LogP contribution in [0.1, 0.15) is 18.4 Å². The number of aryl methyl sites for hydroxylation is 1. The van der Waals surface area contributed by atoms with Crippen LogP contribution < -0.4 is 9.64 Å². The van der Waals surface area contributed by atoms with Gasteiger partial charge in [-0.25, -0.2) is 13.2 Å². The Morgan fingerprint density at radius 1 is 1.06 bits per heavy atom. The molecule has 1 saturated heterocycles. The molecule has 2 aliphatic rings. The summed E-state index contributed by atoms with van der Waals surface area (Å²) in [5.41, 5.74) is 1.54. The zero-order chi connectivity index (χ0) is 22.9. The average molecular weight is 459 g/mol. The number of rotatable bonds is 4. The third-order valence-electron chi connectivity index (χ3n) is 5.90. The van der Waals surface area contributed by atoms with Gasteiger partial charge in [0.25, 0.3) is 0 Å². The fraction of sp³-hybridized carbons (Fsp3) is 0.391. The number of carbonyl (C=O) groups excluding carboxylic acids is 2. The molecular formula is C23H26N2O6S. The quantitative estimate of drug-likeness (QED) is 0.653. The number of nitrogens with zero attached hydrogens (tertiary/aromatic N) is 2. The molecule has 0 saturated carbocycles. The molecule has 2 aliphatic heterocycles. The van der Waals surface area contributed by atoms with E-state index in [2.05, 4.69) is 0 Å². The van der Waals surface area contributed by atoms with Crippen LogP contribution >= 0.6 is 0 Å². The van der Waals surface area contributed by atoms with E-state index in [1.54, 1.807) is 48.5 Å². The Hall–Kier alpha value is -2.91. The van der Waals surface area contributed by atoms with Gasteiger partial charge in [0.2, 0.25) is 22.0 Å². The zero-order valence-electron chi connectivity index (χ0n) is 18.1. The van der Waals surface area contributed by atoms with E-state index in [0.717, 1.165) is 5.56 Å². The molecule has 4 rings (SSSR count). The van der Waals surface area contributed by atoms with Crippen LogP contribution in [0.5, 0.6) is 5.75 Å². The maximum Gasteiger partial charge on any atom is 0.348 e. The number of piperidine rings is 1. The molecule has 0 spiro atoms. The first kappa shape index (κ1) is 22.3. The van der Waals surface area contributed by atoms with Crippen LogP contribution in [0.4, 0.5) is 5.69 Å². The van der Waals surface area contributed by atoms with Crippen molar-refractivity contribution in [3.8, 4) is 5.75 Å². The Labute approximate surface area is 187 Å². The van der Waals surface area contributed by atoms with Crippen LogP contribution in [-0.4, -0.2) is 57.4 Å². The zero-order valence-corrected chi connectivity index (χ0v) is 18.9. The van der Waals surface area contributed by atoms with Gasteiger partial charge in [-0.15, -0.1) is 0 Å². The van der Waals surface area contributed by atoms with Gasteiger partial charge in [-0.1, -0.05) is 29.8 Å². The first-order valence-electron chi connectivity index (χ1n) is 10.5. The molecule has 0 aliphatic carbocycles. The maximum atomic E-state index is 13.5. The van der Waals surface area contributed by atoms with Crippen molar-refractivity contribution in [3.63, 3.8) is 0 Å². The third-order valence-corrected chi connectivity index (χ3v) is 7.78. The standard InChI is InChI=1S/C23H26N2O6S/c1-16-9-11-18(12-10-16)32(28,29)24-13-5-6-17(14-24)22(26)25-15-21(23(27)30-2)31-20-8-4-3-7-19(20)25/h3-4,7-12,17,21H,5-6,13-15H2,1-2H3/t17-,21+/m1/s1. The minimum absolute atomic E-state index is 0.0176. The van der Waals surface area contributed by atoms with E-state index in [-0.39, 0.29) is 23.9 Å². The van der Waals surface area contributed by atoms with Gasteiger partial charge in [0.15, 0.2) is 0 Å². The highest BCUT2D eigenvalue weighted by Crippen LogP contribution is 2.35. The van der Waals surface area contributed by atoms with Crippen molar-refractivity contribution in [3.05, 3.63) is 54.1 Å². The monoisotopic (exact) mass is 458 g/mol. The number of esters is 1. The summed E-state index contributed by atoms with van der Waals surface area (Å²) in [5.74, 6) is -0.890. The summed E-state index contributed by atoms with van der Waals surface area (Å²) < 4.78 is 38.2. The van der Waals surface area contributed by atoms with Gasteiger partial charge in [0.1, 0.15) is 5.75 Å². The lowest BCUT2D eigenvalue weighted by Gasteiger charge is -2.38. The van der Waals surface area contributed by atoms with E-state index in [4.69, 9.17) is 9.47 Å². The summed E-state index contributed by atoms with van der Waals surface area (Å²) in [6.45, 7) is 2.37. The lowest BCUT2D eigenvalue weighted by molar-refractivity contribution is -0.148. The van der Waals surface area contributed by atoms with Crippen LogP contribution in [0, 0.1) is 12.8 Å². The number of fused-ring (bicyclic) bond motifs is 1.